The van der Waals surface area contributed by atoms with E-state index >= 15 is 0 Å². The van der Waals surface area contributed by atoms with E-state index in [-0.39, 0.29) is 0 Å². The first-order valence-electron chi connectivity index (χ1n) is 9.38. The minimum absolute atomic E-state index is 0.348. The van der Waals surface area contributed by atoms with Gasteiger partial charge in [0.1, 0.15) is 5.75 Å². The van der Waals surface area contributed by atoms with Crippen LogP contribution in [-0.2, 0) is 10.0 Å². The number of hydrogen-bond donors (Lipinski definition) is 0. The van der Waals surface area contributed by atoms with E-state index in [1.165, 1.54) is 5.56 Å². The summed E-state index contributed by atoms with van der Waals surface area (Å²) in [7, 11) is -3.54. The smallest absolute Gasteiger partial charge is 0.243 e. The van der Waals surface area contributed by atoms with E-state index in [0.717, 1.165) is 16.8 Å². The van der Waals surface area contributed by atoms with Crippen molar-refractivity contribution in [2.24, 2.45) is 0 Å². The fourth-order valence-corrected chi connectivity index (χ4v) is 5.13. The molecule has 6 heteroatoms. The lowest BCUT2D eigenvalue weighted by Crippen LogP contribution is -2.48. The molecule has 2 aromatic rings. The van der Waals surface area contributed by atoms with Crippen LogP contribution in [0.1, 0.15) is 23.6 Å². The zero-order valence-electron chi connectivity index (χ0n) is 16.5. The Morgan fingerprint density at radius 3 is 2.15 bits per heavy atom. The minimum atomic E-state index is -3.54. The summed E-state index contributed by atoms with van der Waals surface area (Å²) < 4.78 is 33.6. The van der Waals surface area contributed by atoms with Crippen LogP contribution in [0.4, 0.5) is 5.69 Å². The number of sulfonamides is 1. The summed E-state index contributed by atoms with van der Waals surface area (Å²) in [4.78, 5) is 2.58. The average Bonchev–Trinajstić information content (AvgIpc) is 2.64. The number of hydrogen-bond acceptors (Lipinski definition) is 4. The van der Waals surface area contributed by atoms with Crippen LogP contribution in [0.3, 0.4) is 0 Å². The second-order valence-electron chi connectivity index (χ2n) is 7.04. The molecule has 0 atom stereocenters. The second-order valence-corrected chi connectivity index (χ2v) is 8.95. The van der Waals surface area contributed by atoms with Crippen LogP contribution in [0.2, 0.25) is 0 Å². The topological polar surface area (TPSA) is 49.9 Å². The van der Waals surface area contributed by atoms with Crippen LogP contribution in [0.15, 0.2) is 41.3 Å². The van der Waals surface area contributed by atoms with Gasteiger partial charge in [-0.3, -0.25) is 0 Å². The SMILES string of the molecule is CCOc1cc(S(=O)(=O)N2CCN(c3ccc(C)cc3)CC2)c(C)cc1C. The summed E-state index contributed by atoms with van der Waals surface area (Å²) in [6, 6.07) is 11.9. The largest absolute Gasteiger partial charge is 0.494 e. The molecule has 5 nitrogen and oxygen atoms in total. The Balaban J connectivity index is 1.79. The van der Waals surface area contributed by atoms with Crippen molar-refractivity contribution in [2.75, 3.05) is 37.7 Å². The van der Waals surface area contributed by atoms with Crippen molar-refractivity contribution in [3.63, 3.8) is 0 Å². The molecule has 0 saturated carbocycles. The van der Waals surface area contributed by atoms with Gasteiger partial charge in [-0.15, -0.1) is 0 Å². The Hall–Kier alpha value is -2.05. The van der Waals surface area contributed by atoms with Crippen LogP contribution >= 0.6 is 0 Å². The maximum absolute atomic E-state index is 13.2. The zero-order valence-corrected chi connectivity index (χ0v) is 17.3. The molecule has 3 rings (SSSR count). The zero-order chi connectivity index (χ0) is 19.6. The van der Waals surface area contributed by atoms with Gasteiger partial charge in [0.2, 0.25) is 10.0 Å². The lowest BCUT2D eigenvalue weighted by atomic mass is 10.1. The quantitative estimate of drug-likeness (QED) is 0.786. The normalized spacial score (nSPS) is 15.8. The molecule has 1 aliphatic heterocycles. The van der Waals surface area contributed by atoms with Crippen molar-refractivity contribution in [1.82, 2.24) is 4.31 Å². The minimum Gasteiger partial charge on any atom is -0.494 e. The lowest BCUT2D eigenvalue weighted by Gasteiger charge is -2.35. The van der Waals surface area contributed by atoms with Gasteiger partial charge in [0, 0.05) is 37.9 Å². The monoisotopic (exact) mass is 388 g/mol. The molecular formula is C21H28N2O3S. The van der Waals surface area contributed by atoms with Gasteiger partial charge in [-0.05, 0) is 51.0 Å². The van der Waals surface area contributed by atoms with Crippen molar-refractivity contribution >= 4 is 15.7 Å². The van der Waals surface area contributed by atoms with Crippen LogP contribution in [0.25, 0.3) is 0 Å². The molecular weight excluding hydrogens is 360 g/mol. The first kappa shape index (κ1) is 19.7. The Bertz CT molecular complexity index is 900. The van der Waals surface area contributed by atoms with Gasteiger partial charge in [0.15, 0.2) is 0 Å². The molecule has 0 N–H and O–H groups in total. The summed E-state index contributed by atoms with van der Waals surface area (Å²) in [5, 5.41) is 0. The van der Waals surface area contributed by atoms with Gasteiger partial charge < -0.3 is 9.64 Å². The van der Waals surface area contributed by atoms with Crippen molar-refractivity contribution in [1.29, 1.82) is 0 Å². The van der Waals surface area contributed by atoms with Gasteiger partial charge in [-0.2, -0.15) is 4.31 Å². The summed E-state index contributed by atoms with van der Waals surface area (Å²) in [6.07, 6.45) is 0. The van der Waals surface area contributed by atoms with E-state index in [9.17, 15) is 8.42 Å². The van der Waals surface area contributed by atoms with Gasteiger partial charge in [0.05, 0.1) is 11.5 Å². The molecule has 0 aliphatic carbocycles. The van der Waals surface area contributed by atoms with Crippen molar-refractivity contribution in [3.8, 4) is 5.75 Å². The summed E-state index contributed by atoms with van der Waals surface area (Å²) in [5.74, 6) is 0.639. The number of rotatable bonds is 5. The number of anilines is 1. The molecule has 0 bridgehead atoms. The number of benzene rings is 2. The predicted octanol–water partition coefficient (Wildman–Crippen LogP) is 3.52. The molecule has 1 aliphatic rings. The molecule has 0 unspecified atom stereocenters. The van der Waals surface area contributed by atoms with E-state index in [0.29, 0.717) is 43.4 Å². The fraction of sp³-hybridized carbons (Fsp3) is 0.429. The first-order chi connectivity index (χ1) is 12.8. The second kappa shape index (κ2) is 7.90. The molecule has 1 fully saturated rings. The maximum atomic E-state index is 13.2. The summed E-state index contributed by atoms with van der Waals surface area (Å²) in [5.41, 5.74) is 4.08. The molecule has 1 heterocycles. The van der Waals surface area contributed by atoms with E-state index in [4.69, 9.17) is 4.74 Å². The number of piperazine rings is 1. The Labute approximate surface area is 162 Å². The van der Waals surface area contributed by atoms with E-state index < -0.39 is 10.0 Å². The highest BCUT2D eigenvalue weighted by atomic mass is 32.2. The molecule has 0 amide bonds. The van der Waals surface area contributed by atoms with Gasteiger partial charge in [-0.1, -0.05) is 23.8 Å². The molecule has 2 aromatic carbocycles. The molecule has 0 radical (unpaired) electrons. The van der Waals surface area contributed by atoms with Gasteiger partial charge in [0.25, 0.3) is 0 Å². The highest BCUT2D eigenvalue weighted by molar-refractivity contribution is 7.89. The lowest BCUT2D eigenvalue weighted by molar-refractivity contribution is 0.336. The molecule has 0 aromatic heterocycles. The Kier molecular flexibility index (Phi) is 5.77. The van der Waals surface area contributed by atoms with Gasteiger partial charge in [-0.25, -0.2) is 8.42 Å². The third-order valence-corrected chi connectivity index (χ3v) is 7.07. The molecule has 1 saturated heterocycles. The molecule has 146 valence electrons. The van der Waals surface area contributed by atoms with Crippen LogP contribution in [-0.4, -0.2) is 45.5 Å². The Morgan fingerprint density at radius 2 is 1.56 bits per heavy atom. The number of nitrogens with zero attached hydrogens (tertiary/aromatic N) is 2. The van der Waals surface area contributed by atoms with Crippen molar-refractivity contribution < 1.29 is 13.2 Å². The van der Waals surface area contributed by atoms with E-state index in [2.05, 4.69) is 36.1 Å². The Morgan fingerprint density at radius 1 is 0.926 bits per heavy atom. The third-order valence-electron chi connectivity index (χ3n) is 5.03. The number of aryl methyl sites for hydroxylation is 3. The standard InChI is InChI=1S/C21H28N2O3S/c1-5-26-20-15-21(18(4)14-17(20)3)27(24,25)23-12-10-22(11-13-23)19-8-6-16(2)7-9-19/h6-9,14-15H,5,10-13H2,1-4H3. The van der Waals surface area contributed by atoms with Crippen molar-refractivity contribution in [2.45, 2.75) is 32.6 Å². The predicted molar refractivity (Wildman–Crippen MR) is 109 cm³/mol. The average molecular weight is 389 g/mol. The van der Waals surface area contributed by atoms with Crippen LogP contribution in [0.5, 0.6) is 5.75 Å². The van der Waals surface area contributed by atoms with Crippen molar-refractivity contribution in [3.05, 3.63) is 53.1 Å². The highest BCUT2D eigenvalue weighted by Gasteiger charge is 2.30. The fourth-order valence-electron chi connectivity index (χ4n) is 3.48. The van der Waals surface area contributed by atoms with E-state index in [1.807, 2.05) is 26.8 Å². The van der Waals surface area contributed by atoms with E-state index in [1.54, 1.807) is 10.4 Å². The first-order valence-corrected chi connectivity index (χ1v) is 10.8. The summed E-state index contributed by atoms with van der Waals surface area (Å²) in [6.45, 7) is 10.6. The third kappa shape index (κ3) is 4.12. The number of ether oxygens (including phenoxy) is 1. The van der Waals surface area contributed by atoms with Gasteiger partial charge >= 0.3 is 0 Å². The molecule has 27 heavy (non-hydrogen) atoms. The summed E-state index contributed by atoms with van der Waals surface area (Å²) >= 11 is 0. The maximum Gasteiger partial charge on any atom is 0.243 e. The highest BCUT2D eigenvalue weighted by Crippen LogP contribution is 2.29. The van der Waals surface area contributed by atoms with Crippen LogP contribution in [0, 0.1) is 20.8 Å². The van der Waals surface area contributed by atoms with Crippen LogP contribution < -0.4 is 9.64 Å². The molecule has 0 spiro atoms.